The number of aromatic nitrogens is 2. The molecule has 0 unspecified atom stereocenters. The molecule has 5 rings (SSSR count). The van der Waals surface area contributed by atoms with Gasteiger partial charge >= 0.3 is 0 Å². The Morgan fingerprint density at radius 1 is 1.07 bits per heavy atom. The summed E-state index contributed by atoms with van der Waals surface area (Å²) in [6.45, 7) is 4.51. The minimum atomic E-state index is 0.0378. The van der Waals surface area contributed by atoms with Gasteiger partial charge in [-0.05, 0) is 42.8 Å². The van der Waals surface area contributed by atoms with E-state index in [1.54, 1.807) is 18.4 Å². The van der Waals surface area contributed by atoms with Gasteiger partial charge in [0.15, 0.2) is 11.6 Å². The highest BCUT2D eigenvalue weighted by molar-refractivity contribution is 5.94. The van der Waals surface area contributed by atoms with E-state index < -0.39 is 0 Å². The van der Waals surface area contributed by atoms with Crippen LogP contribution in [0.3, 0.4) is 0 Å². The molecule has 0 radical (unpaired) electrons. The van der Waals surface area contributed by atoms with Crippen molar-refractivity contribution in [3.63, 3.8) is 0 Å². The van der Waals surface area contributed by atoms with Gasteiger partial charge in [0.2, 0.25) is 0 Å². The lowest BCUT2D eigenvalue weighted by Gasteiger charge is -2.29. The van der Waals surface area contributed by atoms with Gasteiger partial charge in [0.05, 0.1) is 19.5 Å². The number of hydrogen-bond donors (Lipinski definition) is 0. The van der Waals surface area contributed by atoms with Crippen LogP contribution < -0.4 is 4.90 Å². The summed E-state index contributed by atoms with van der Waals surface area (Å²) in [5, 5.41) is 4.08. The first-order valence-corrected chi connectivity index (χ1v) is 9.87. The molecule has 29 heavy (non-hydrogen) atoms. The number of amides is 1. The molecule has 2 fully saturated rings. The van der Waals surface area contributed by atoms with E-state index in [1.165, 1.54) is 0 Å². The number of rotatable bonds is 4. The highest BCUT2D eigenvalue weighted by Crippen LogP contribution is 2.28. The number of nitrogens with zero attached hydrogens (tertiary/aromatic N) is 4. The average Bonchev–Trinajstić information content (AvgIpc) is 3.55. The Morgan fingerprint density at radius 2 is 1.90 bits per heavy atom. The molecule has 150 valence electrons. The van der Waals surface area contributed by atoms with Gasteiger partial charge in [-0.3, -0.25) is 4.79 Å². The van der Waals surface area contributed by atoms with E-state index in [2.05, 4.69) is 15.0 Å². The van der Waals surface area contributed by atoms with E-state index in [9.17, 15) is 4.79 Å². The number of anilines is 1. The monoisotopic (exact) mass is 394 g/mol. The normalized spacial score (nSPS) is 19.7. The molecule has 8 nitrogen and oxygen atoms in total. The lowest BCUT2D eigenvalue weighted by atomic mass is 10.1. The van der Waals surface area contributed by atoms with Crippen LogP contribution in [-0.2, 0) is 4.74 Å². The molecular weight excluding hydrogens is 372 g/mol. The summed E-state index contributed by atoms with van der Waals surface area (Å²) in [7, 11) is 0. The zero-order chi connectivity index (χ0) is 19.6. The van der Waals surface area contributed by atoms with Gasteiger partial charge in [-0.1, -0.05) is 5.16 Å². The molecule has 2 aromatic heterocycles. The summed E-state index contributed by atoms with van der Waals surface area (Å²) >= 11 is 0. The summed E-state index contributed by atoms with van der Waals surface area (Å²) in [5.41, 5.74) is 1.83. The Morgan fingerprint density at radius 3 is 2.66 bits per heavy atom. The van der Waals surface area contributed by atoms with E-state index in [0.717, 1.165) is 38.4 Å². The maximum atomic E-state index is 12.9. The molecule has 4 heterocycles. The number of benzene rings is 1. The fourth-order valence-corrected chi connectivity index (χ4v) is 3.88. The fourth-order valence-electron chi connectivity index (χ4n) is 3.88. The highest BCUT2D eigenvalue weighted by atomic mass is 16.5. The van der Waals surface area contributed by atoms with Crippen LogP contribution in [-0.4, -0.2) is 60.3 Å². The van der Waals surface area contributed by atoms with E-state index in [4.69, 9.17) is 13.7 Å². The lowest BCUT2D eigenvalue weighted by Crippen LogP contribution is -2.36. The molecule has 1 aromatic carbocycles. The molecule has 0 bridgehead atoms. The number of ether oxygens (including phenoxy) is 1. The Hall–Kier alpha value is -3.13. The van der Waals surface area contributed by atoms with Crippen molar-refractivity contribution in [1.82, 2.24) is 15.0 Å². The van der Waals surface area contributed by atoms with Crippen LogP contribution in [0.4, 0.5) is 5.69 Å². The number of furan rings is 1. The quantitative estimate of drug-likeness (QED) is 0.673. The molecule has 0 spiro atoms. The van der Waals surface area contributed by atoms with Crippen LogP contribution in [0.5, 0.6) is 0 Å². The molecule has 0 N–H and O–H groups in total. The van der Waals surface area contributed by atoms with E-state index >= 15 is 0 Å². The van der Waals surface area contributed by atoms with Crippen LogP contribution in [0.25, 0.3) is 11.7 Å². The molecule has 0 saturated carbocycles. The van der Waals surface area contributed by atoms with Crippen LogP contribution in [0, 0.1) is 0 Å². The van der Waals surface area contributed by atoms with Crippen molar-refractivity contribution in [2.24, 2.45) is 0 Å². The summed E-state index contributed by atoms with van der Waals surface area (Å²) in [4.78, 5) is 21.5. The van der Waals surface area contributed by atoms with Gasteiger partial charge in [0.1, 0.15) is 0 Å². The predicted molar refractivity (Wildman–Crippen MR) is 105 cm³/mol. The van der Waals surface area contributed by atoms with E-state index in [0.29, 0.717) is 36.1 Å². The molecular formula is C21H22N4O4. The SMILES string of the molecule is O=C(c1ccc(N2CCOCC2)cc1)N1CC[C@@H](c2noc(-c3ccco3)n2)C1. The Balaban J connectivity index is 1.23. The summed E-state index contributed by atoms with van der Waals surface area (Å²) in [6.07, 6.45) is 2.38. The molecule has 2 aliphatic heterocycles. The van der Waals surface area contributed by atoms with Crippen molar-refractivity contribution in [3.05, 3.63) is 54.0 Å². The van der Waals surface area contributed by atoms with Crippen molar-refractivity contribution in [2.45, 2.75) is 12.3 Å². The largest absolute Gasteiger partial charge is 0.459 e. The van der Waals surface area contributed by atoms with Gasteiger partial charge in [-0.15, -0.1) is 0 Å². The molecule has 1 atom stereocenters. The van der Waals surface area contributed by atoms with Gasteiger partial charge in [-0.2, -0.15) is 4.98 Å². The first kappa shape index (κ1) is 17.9. The second-order valence-corrected chi connectivity index (χ2v) is 7.32. The minimum Gasteiger partial charge on any atom is -0.459 e. The van der Waals surface area contributed by atoms with Crippen molar-refractivity contribution in [2.75, 3.05) is 44.3 Å². The smallest absolute Gasteiger partial charge is 0.293 e. The first-order chi connectivity index (χ1) is 14.3. The number of carbonyl (C=O) groups is 1. The van der Waals surface area contributed by atoms with Gasteiger partial charge in [0, 0.05) is 43.3 Å². The standard InChI is InChI=1S/C21H22N4O4/c26-21(15-3-5-17(6-4-15)24-9-12-27-13-10-24)25-8-7-16(14-25)19-22-20(29-23-19)18-2-1-11-28-18/h1-6,11,16H,7-10,12-14H2/t16-/m1/s1. The first-order valence-electron chi connectivity index (χ1n) is 9.87. The maximum Gasteiger partial charge on any atom is 0.293 e. The second kappa shape index (κ2) is 7.71. The molecule has 2 saturated heterocycles. The van der Waals surface area contributed by atoms with Gasteiger partial charge in [0.25, 0.3) is 11.8 Å². The van der Waals surface area contributed by atoms with Crippen LogP contribution >= 0.6 is 0 Å². The number of morpholine rings is 1. The third-order valence-electron chi connectivity index (χ3n) is 5.50. The summed E-state index contributed by atoms with van der Waals surface area (Å²) < 4.78 is 16.0. The number of carbonyl (C=O) groups excluding carboxylic acids is 1. The topological polar surface area (TPSA) is 84.8 Å². The van der Waals surface area contributed by atoms with E-state index in [1.807, 2.05) is 29.2 Å². The van der Waals surface area contributed by atoms with Crippen LogP contribution in [0.15, 0.2) is 51.6 Å². The Kier molecular flexibility index (Phi) is 4.77. The number of likely N-dealkylation sites (tertiary alicyclic amines) is 1. The third-order valence-corrected chi connectivity index (χ3v) is 5.50. The zero-order valence-corrected chi connectivity index (χ0v) is 16.0. The van der Waals surface area contributed by atoms with E-state index in [-0.39, 0.29) is 11.8 Å². The average molecular weight is 394 g/mol. The molecule has 1 amide bonds. The van der Waals surface area contributed by atoms with Crippen molar-refractivity contribution in [1.29, 1.82) is 0 Å². The third kappa shape index (κ3) is 3.63. The fraction of sp³-hybridized carbons (Fsp3) is 0.381. The highest BCUT2D eigenvalue weighted by Gasteiger charge is 2.31. The van der Waals surface area contributed by atoms with Crippen molar-refractivity contribution < 1.29 is 18.5 Å². The zero-order valence-electron chi connectivity index (χ0n) is 16.0. The summed E-state index contributed by atoms with van der Waals surface area (Å²) in [5.74, 6) is 1.65. The molecule has 2 aliphatic rings. The molecule has 3 aromatic rings. The maximum absolute atomic E-state index is 12.9. The minimum absolute atomic E-state index is 0.0378. The van der Waals surface area contributed by atoms with Gasteiger partial charge < -0.3 is 23.5 Å². The van der Waals surface area contributed by atoms with Crippen molar-refractivity contribution >= 4 is 11.6 Å². The predicted octanol–water partition coefficient (Wildman–Crippen LogP) is 2.80. The Bertz CT molecular complexity index is 961. The Labute approximate surface area is 168 Å². The molecule has 8 heteroatoms. The van der Waals surface area contributed by atoms with Crippen molar-refractivity contribution in [3.8, 4) is 11.7 Å². The van der Waals surface area contributed by atoms with Crippen LogP contribution in [0.2, 0.25) is 0 Å². The van der Waals surface area contributed by atoms with Gasteiger partial charge in [-0.25, -0.2) is 0 Å². The summed E-state index contributed by atoms with van der Waals surface area (Å²) in [6, 6.07) is 11.4. The second-order valence-electron chi connectivity index (χ2n) is 7.32. The number of hydrogen-bond acceptors (Lipinski definition) is 7. The van der Waals surface area contributed by atoms with Crippen LogP contribution in [0.1, 0.15) is 28.5 Å². The molecule has 0 aliphatic carbocycles. The lowest BCUT2D eigenvalue weighted by molar-refractivity contribution is 0.0790.